The maximum Gasteiger partial charge on any atom is 0.341 e. The highest BCUT2D eigenvalue weighted by Gasteiger charge is 2.17. The van der Waals surface area contributed by atoms with E-state index < -0.39 is 5.97 Å². The van der Waals surface area contributed by atoms with E-state index >= 15 is 0 Å². The fourth-order valence-electron chi connectivity index (χ4n) is 2.16. The summed E-state index contributed by atoms with van der Waals surface area (Å²) in [7, 11) is 1.34. The number of nitrogens with two attached hydrogens (primary N) is 1. The highest BCUT2D eigenvalue weighted by Crippen LogP contribution is 2.27. The topological polar surface area (TPSA) is 69.6 Å². The molecule has 3 aromatic rings. The van der Waals surface area contributed by atoms with Gasteiger partial charge in [0.2, 0.25) is 0 Å². The van der Waals surface area contributed by atoms with Crippen LogP contribution in [0, 0.1) is 0 Å². The van der Waals surface area contributed by atoms with Crippen LogP contribution in [0.1, 0.15) is 10.4 Å². The van der Waals surface area contributed by atoms with E-state index in [4.69, 9.17) is 10.5 Å². The minimum Gasteiger partial charge on any atom is -0.465 e. The first kappa shape index (κ1) is 12.2. The molecule has 0 saturated carbocycles. The van der Waals surface area contributed by atoms with Gasteiger partial charge in [-0.15, -0.1) is 0 Å². The number of hydrogen-bond donors (Lipinski definition) is 1. The maximum absolute atomic E-state index is 11.8. The van der Waals surface area contributed by atoms with Crippen LogP contribution in [0.15, 0.2) is 48.7 Å². The lowest BCUT2D eigenvalue weighted by Crippen LogP contribution is -2.04. The van der Waals surface area contributed by atoms with Crippen molar-refractivity contribution in [3.8, 4) is 11.3 Å². The number of imidazole rings is 1. The molecule has 1 aromatic carbocycles. The summed E-state index contributed by atoms with van der Waals surface area (Å²) >= 11 is 0. The Morgan fingerprint density at radius 1 is 1.20 bits per heavy atom. The third kappa shape index (κ3) is 1.80. The minimum atomic E-state index is -0.430. The Labute approximate surface area is 115 Å². The first-order valence-corrected chi connectivity index (χ1v) is 6.12. The van der Waals surface area contributed by atoms with Crippen LogP contribution in [0.5, 0.6) is 0 Å². The van der Waals surface area contributed by atoms with Gasteiger partial charge in [-0.3, -0.25) is 4.40 Å². The van der Waals surface area contributed by atoms with Crippen LogP contribution in [0.25, 0.3) is 16.9 Å². The van der Waals surface area contributed by atoms with Crippen LogP contribution < -0.4 is 5.73 Å². The Morgan fingerprint density at radius 3 is 2.65 bits per heavy atom. The molecular formula is C15H13N3O2. The zero-order valence-electron chi connectivity index (χ0n) is 10.9. The predicted octanol–water partition coefficient (Wildman–Crippen LogP) is 2.37. The molecule has 0 amide bonds. The number of hydrogen-bond acceptors (Lipinski definition) is 4. The van der Waals surface area contributed by atoms with E-state index in [0.29, 0.717) is 22.7 Å². The Morgan fingerprint density at radius 2 is 1.95 bits per heavy atom. The smallest absolute Gasteiger partial charge is 0.341 e. The van der Waals surface area contributed by atoms with Crippen LogP contribution in [0.2, 0.25) is 0 Å². The quantitative estimate of drug-likeness (QED) is 0.724. The van der Waals surface area contributed by atoms with E-state index in [1.54, 1.807) is 22.7 Å². The first-order chi connectivity index (χ1) is 9.72. The number of carbonyl (C=O) groups excluding carboxylic acids is 1. The number of rotatable bonds is 2. The molecule has 5 heteroatoms. The number of pyridine rings is 1. The number of aromatic nitrogens is 2. The molecule has 0 fully saturated rings. The van der Waals surface area contributed by atoms with E-state index in [2.05, 4.69) is 4.98 Å². The molecule has 2 heterocycles. The van der Waals surface area contributed by atoms with Gasteiger partial charge in [-0.25, -0.2) is 9.78 Å². The number of nitrogen functional groups attached to an aromatic ring is 1. The normalized spacial score (nSPS) is 10.7. The number of methoxy groups -OCH3 is 1. The Bertz CT molecular complexity index is 778. The summed E-state index contributed by atoms with van der Waals surface area (Å²) < 4.78 is 6.46. The zero-order chi connectivity index (χ0) is 14.1. The molecule has 0 aliphatic rings. The fraction of sp³-hybridized carbons (Fsp3) is 0.0667. The number of benzene rings is 1. The standard InChI is InChI=1S/C15H13N3O2/c1-20-15(19)11-8-5-9-18-13(16)12(17-14(11)18)10-6-3-2-4-7-10/h2-9H,16H2,1H3. The van der Waals surface area contributed by atoms with Gasteiger partial charge < -0.3 is 10.5 Å². The van der Waals surface area contributed by atoms with Gasteiger partial charge in [0, 0.05) is 11.8 Å². The summed E-state index contributed by atoms with van der Waals surface area (Å²) in [4.78, 5) is 16.3. The predicted molar refractivity (Wildman–Crippen MR) is 76.4 cm³/mol. The van der Waals surface area contributed by atoms with Crippen molar-refractivity contribution >= 4 is 17.4 Å². The number of carbonyl (C=O) groups is 1. The van der Waals surface area contributed by atoms with Crippen molar-refractivity contribution in [1.82, 2.24) is 9.38 Å². The number of ether oxygens (including phenoxy) is 1. The summed E-state index contributed by atoms with van der Waals surface area (Å²) in [6.45, 7) is 0. The van der Waals surface area contributed by atoms with Crippen molar-refractivity contribution in [1.29, 1.82) is 0 Å². The van der Waals surface area contributed by atoms with E-state index in [1.165, 1.54) is 7.11 Å². The SMILES string of the molecule is COC(=O)c1cccn2c(N)c(-c3ccccc3)nc12. The maximum atomic E-state index is 11.8. The molecule has 0 bridgehead atoms. The number of fused-ring (bicyclic) bond motifs is 1. The Kier molecular flexibility index (Phi) is 2.87. The average Bonchev–Trinajstić information content (AvgIpc) is 2.85. The van der Waals surface area contributed by atoms with Crippen molar-refractivity contribution in [2.75, 3.05) is 12.8 Å². The highest BCUT2D eigenvalue weighted by molar-refractivity contribution is 5.97. The molecule has 100 valence electrons. The van der Waals surface area contributed by atoms with Crippen LogP contribution in [0.4, 0.5) is 5.82 Å². The van der Waals surface area contributed by atoms with Gasteiger partial charge in [0.05, 0.1) is 7.11 Å². The van der Waals surface area contributed by atoms with Gasteiger partial charge in [-0.05, 0) is 12.1 Å². The number of esters is 1. The van der Waals surface area contributed by atoms with Crippen molar-refractivity contribution in [3.63, 3.8) is 0 Å². The Hall–Kier alpha value is -2.82. The molecular weight excluding hydrogens is 254 g/mol. The van der Waals surface area contributed by atoms with Crippen LogP contribution in [-0.2, 0) is 4.74 Å². The van der Waals surface area contributed by atoms with Crippen LogP contribution in [-0.4, -0.2) is 22.5 Å². The molecule has 0 unspecified atom stereocenters. The molecule has 2 aromatic heterocycles. The molecule has 20 heavy (non-hydrogen) atoms. The molecule has 0 atom stereocenters. The summed E-state index contributed by atoms with van der Waals surface area (Å²) in [5.74, 6) is 0.0668. The van der Waals surface area contributed by atoms with Crippen LogP contribution >= 0.6 is 0 Å². The second kappa shape index (κ2) is 4.70. The Balaban J connectivity index is 2.27. The molecule has 0 saturated heterocycles. The van der Waals surface area contributed by atoms with Crippen LogP contribution in [0.3, 0.4) is 0 Å². The van der Waals surface area contributed by atoms with Crippen molar-refractivity contribution in [3.05, 3.63) is 54.2 Å². The van der Waals surface area contributed by atoms with E-state index in [9.17, 15) is 4.79 Å². The molecule has 2 N–H and O–H groups in total. The second-order valence-electron chi connectivity index (χ2n) is 4.32. The summed E-state index contributed by atoms with van der Waals surface area (Å²) in [5.41, 5.74) is 8.58. The lowest BCUT2D eigenvalue weighted by Gasteiger charge is -2.01. The number of nitrogens with zero attached hydrogens (tertiary/aromatic N) is 2. The third-order valence-corrected chi connectivity index (χ3v) is 3.14. The molecule has 0 aliphatic heterocycles. The lowest BCUT2D eigenvalue weighted by molar-refractivity contribution is 0.0602. The van der Waals surface area contributed by atoms with Crippen molar-refractivity contribution in [2.24, 2.45) is 0 Å². The molecule has 0 spiro atoms. The largest absolute Gasteiger partial charge is 0.465 e. The van der Waals surface area contributed by atoms with Gasteiger partial charge in [-0.1, -0.05) is 30.3 Å². The summed E-state index contributed by atoms with van der Waals surface area (Å²) in [6.07, 6.45) is 1.77. The van der Waals surface area contributed by atoms with E-state index in [1.807, 2.05) is 30.3 Å². The third-order valence-electron chi connectivity index (χ3n) is 3.14. The second-order valence-corrected chi connectivity index (χ2v) is 4.32. The molecule has 5 nitrogen and oxygen atoms in total. The molecule has 3 rings (SSSR count). The molecule has 0 radical (unpaired) electrons. The van der Waals surface area contributed by atoms with Gasteiger partial charge in [0.1, 0.15) is 17.1 Å². The lowest BCUT2D eigenvalue weighted by atomic mass is 10.1. The minimum absolute atomic E-state index is 0.392. The number of anilines is 1. The van der Waals surface area contributed by atoms with Gasteiger partial charge in [-0.2, -0.15) is 0 Å². The fourth-order valence-corrected chi connectivity index (χ4v) is 2.16. The summed E-state index contributed by atoms with van der Waals surface area (Å²) in [6, 6.07) is 13.0. The average molecular weight is 267 g/mol. The highest BCUT2D eigenvalue weighted by atomic mass is 16.5. The summed E-state index contributed by atoms with van der Waals surface area (Å²) in [5, 5.41) is 0. The van der Waals surface area contributed by atoms with E-state index in [-0.39, 0.29) is 0 Å². The van der Waals surface area contributed by atoms with Gasteiger partial charge in [0.15, 0.2) is 5.65 Å². The monoisotopic (exact) mass is 267 g/mol. The van der Waals surface area contributed by atoms with Crippen molar-refractivity contribution in [2.45, 2.75) is 0 Å². The van der Waals surface area contributed by atoms with Gasteiger partial charge in [0.25, 0.3) is 0 Å². The molecule has 0 aliphatic carbocycles. The van der Waals surface area contributed by atoms with Gasteiger partial charge >= 0.3 is 5.97 Å². The zero-order valence-corrected chi connectivity index (χ0v) is 10.9. The first-order valence-electron chi connectivity index (χ1n) is 6.12. The van der Waals surface area contributed by atoms with E-state index in [0.717, 1.165) is 5.56 Å². The van der Waals surface area contributed by atoms with Crippen molar-refractivity contribution < 1.29 is 9.53 Å².